The van der Waals surface area contributed by atoms with Crippen LogP contribution in [0.2, 0.25) is 63.5 Å². The fourth-order valence-electron chi connectivity index (χ4n) is 16.2. The molecule has 0 amide bonds. The zero-order chi connectivity index (χ0) is 40.7. The first-order chi connectivity index (χ1) is 20.5. The van der Waals surface area contributed by atoms with Crippen LogP contribution >= 0.6 is 0 Å². The molecule has 0 nitrogen and oxygen atoms in total. The van der Waals surface area contributed by atoms with Gasteiger partial charge in [0.2, 0.25) is 0 Å². The van der Waals surface area contributed by atoms with Gasteiger partial charge >= 0.3 is 0 Å². The first-order valence-electron chi connectivity index (χ1n) is 20.2. The second-order valence-corrected chi connectivity index (χ2v) is 99.8. The Labute approximate surface area is 319 Å². The van der Waals surface area contributed by atoms with E-state index in [9.17, 15) is 0 Å². The lowest BCUT2D eigenvalue weighted by Gasteiger charge is -2.71. The molecular formula is C42H96Si7. The lowest BCUT2D eigenvalue weighted by Crippen LogP contribution is -2.88. The molecule has 0 aliphatic carbocycles. The van der Waals surface area contributed by atoms with Crippen LogP contribution in [-0.4, -0.2) is 50.4 Å². The van der Waals surface area contributed by atoms with Gasteiger partial charge in [0.25, 0.3) is 0 Å². The average molecular weight is 798 g/mol. The molecule has 0 bridgehead atoms. The highest BCUT2D eigenvalue weighted by molar-refractivity contribution is 8.30. The van der Waals surface area contributed by atoms with Crippen molar-refractivity contribution in [1.82, 2.24) is 0 Å². The minimum Gasteiger partial charge on any atom is -0.0705 e. The Morgan fingerprint density at radius 1 is 0.245 bits per heavy atom. The summed E-state index contributed by atoms with van der Waals surface area (Å²) in [5, 5.41) is 3.45. The van der Waals surface area contributed by atoms with Crippen LogP contribution < -0.4 is 0 Å². The molecule has 0 saturated carbocycles. The molecule has 0 N–H and O–H groups in total. The van der Waals surface area contributed by atoms with Gasteiger partial charge in [-0.15, -0.1) is 0 Å². The van der Waals surface area contributed by atoms with E-state index >= 15 is 0 Å². The minimum absolute atomic E-state index is 0.340. The molecule has 292 valence electrons. The molecule has 1 aliphatic rings. The Morgan fingerprint density at radius 3 is 0.449 bits per heavy atom. The fraction of sp³-hybridized carbons (Fsp3) is 1.00. The van der Waals surface area contributed by atoms with E-state index in [0.29, 0.717) is 50.4 Å². The largest absolute Gasteiger partial charge is 0.0716 e. The van der Waals surface area contributed by atoms with Gasteiger partial charge in [-0.25, -0.2) is 0 Å². The van der Waals surface area contributed by atoms with E-state index in [-0.39, 0.29) is 0 Å². The Bertz CT molecular complexity index is 1060. The van der Waals surface area contributed by atoms with E-state index < -0.39 is 50.4 Å². The third-order valence-corrected chi connectivity index (χ3v) is 191. The number of hydrogen-bond acceptors (Lipinski definition) is 0. The third kappa shape index (κ3) is 6.09. The first-order valence-corrected chi connectivity index (χ1v) is 41.2. The standard InChI is InChI=1S/C42H96Si7/c1-33(2,3)45(31,34(4,5)6)49(46(32,35(7,8)9)36(10,11)12)43(47(37(13,14)15,38(16,17)18)39(19,20)21)44(49)48(40(22,23)24,41(25,26)27)42(28,29)30/h1-32H3. The highest BCUT2D eigenvalue weighted by Crippen LogP contribution is 2.77. The van der Waals surface area contributed by atoms with Gasteiger partial charge in [-0.05, 0) is 64.2 Å². The van der Waals surface area contributed by atoms with Crippen molar-refractivity contribution in [2.45, 2.75) is 271 Å². The molecule has 7 heteroatoms. The molecule has 1 heterocycles. The number of hydrogen-bond donors (Lipinski definition) is 0. The molecule has 0 aromatic carbocycles. The van der Waals surface area contributed by atoms with Crippen LogP contribution in [0.3, 0.4) is 0 Å². The first kappa shape index (κ1) is 48.5. The zero-order valence-corrected chi connectivity index (χ0v) is 47.5. The highest BCUT2D eigenvalue weighted by atomic mass is 30.5. The van der Waals surface area contributed by atoms with Gasteiger partial charge in [0.15, 0.2) is 0 Å². The van der Waals surface area contributed by atoms with E-state index in [0.717, 1.165) is 0 Å². The molecule has 0 atom stereocenters. The summed E-state index contributed by atoms with van der Waals surface area (Å²) in [6.07, 6.45) is -2.09. The van der Waals surface area contributed by atoms with Crippen LogP contribution in [0.5, 0.6) is 0 Å². The molecule has 1 rings (SSSR count). The molecule has 1 aliphatic heterocycles. The SMILES string of the molecule is CC(C)(C)[Si]([Si]1=[Si]([Si](C(C)(C)C)(C(C)(C)C)C(C)(C)C)[Si]1([Si](C)(C(C)(C)C)C(C)(C)C)[Si](C)(C(C)(C)C)C(C)(C)C)(C(C)(C)C)C(C)(C)C. The van der Waals surface area contributed by atoms with Gasteiger partial charge in [-0.1, -0.05) is 221 Å². The van der Waals surface area contributed by atoms with E-state index in [1.165, 1.54) is 0 Å². The summed E-state index contributed by atoms with van der Waals surface area (Å²) in [6, 6.07) is 0. The molecule has 0 aromatic heterocycles. The van der Waals surface area contributed by atoms with Crippen molar-refractivity contribution in [3.63, 3.8) is 0 Å². The van der Waals surface area contributed by atoms with Crippen LogP contribution in [0.1, 0.15) is 208 Å². The van der Waals surface area contributed by atoms with Crippen LogP contribution in [0, 0.1) is 0 Å². The van der Waals surface area contributed by atoms with Gasteiger partial charge in [-0.3, -0.25) is 0 Å². The Kier molecular flexibility index (Phi) is 12.1. The molecule has 0 unspecified atom stereocenters. The molecule has 0 aromatic rings. The van der Waals surface area contributed by atoms with Crippen molar-refractivity contribution < 1.29 is 0 Å². The smallest absolute Gasteiger partial charge is 0.0705 e. The molecule has 49 heavy (non-hydrogen) atoms. The van der Waals surface area contributed by atoms with Crippen molar-refractivity contribution in [3.8, 4) is 0 Å². The van der Waals surface area contributed by atoms with E-state index in [4.69, 9.17) is 0 Å². The average Bonchev–Trinajstić information content (AvgIpc) is 3.32. The molecule has 0 spiro atoms. The van der Waals surface area contributed by atoms with Crippen molar-refractivity contribution in [3.05, 3.63) is 0 Å². The molecule has 0 fully saturated rings. The van der Waals surface area contributed by atoms with Crippen LogP contribution in [0.4, 0.5) is 0 Å². The summed E-state index contributed by atoms with van der Waals surface area (Å²) in [4.78, 5) is 0. The Hall–Kier alpha value is 1.52. The minimum atomic E-state index is -2.13. The summed E-state index contributed by atoms with van der Waals surface area (Å²) in [7, 11) is -8.43. The Balaban J connectivity index is 5.79. The van der Waals surface area contributed by atoms with Crippen LogP contribution in [0.15, 0.2) is 0 Å². The summed E-state index contributed by atoms with van der Waals surface area (Å²) >= 11 is 0. The Morgan fingerprint density at radius 2 is 0.367 bits per heavy atom. The summed E-state index contributed by atoms with van der Waals surface area (Å²) in [5.74, 6) is 0. The van der Waals surface area contributed by atoms with Gasteiger partial charge in [-0.2, -0.15) is 0 Å². The second-order valence-electron chi connectivity index (χ2n) is 27.8. The van der Waals surface area contributed by atoms with Gasteiger partial charge in [0.05, 0.1) is 36.5 Å². The van der Waals surface area contributed by atoms with Gasteiger partial charge in [0.1, 0.15) is 0 Å². The normalized spacial score (nSPS) is 19.1. The van der Waals surface area contributed by atoms with Crippen molar-refractivity contribution in [2.24, 2.45) is 0 Å². The summed E-state index contributed by atoms with van der Waals surface area (Å²) in [5.41, 5.74) is 0. The van der Waals surface area contributed by atoms with E-state index in [1.807, 2.05) is 0 Å². The highest BCUT2D eigenvalue weighted by Gasteiger charge is 2.90. The quantitative estimate of drug-likeness (QED) is 0.249. The predicted octanol–water partition coefficient (Wildman–Crippen LogP) is 16.0. The van der Waals surface area contributed by atoms with E-state index in [2.05, 4.69) is 221 Å². The van der Waals surface area contributed by atoms with Gasteiger partial charge < -0.3 is 0 Å². The molecule has 0 saturated heterocycles. The fourth-order valence-corrected chi connectivity index (χ4v) is 387. The maximum atomic E-state index is 3.14. The van der Waals surface area contributed by atoms with Crippen molar-refractivity contribution in [1.29, 1.82) is 0 Å². The summed E-state index contributed by atoms with van der Waals surface area (Å²) in [6.45, 7) is 88.9. The predicted molar refractivity (Wildman–Crippen MR) is 249 cm³/mol. The van der Waals surface area contributed by atoms with Crippen molar-refractivity contribution >= 4 is 50.4 Å². The monoisotopic (exact) mass is 797 g/mol. The van der Waals surface area contributed by atoms with Crippen LogP contribution in [0.25, 0.3) is 0 Å². The van der Waals surface area contributed by atoms with E-state index in [1.54, 1.807) is 0 Å². The van der Waals surface area contributed by atoms with Gasteiger partial charge in [0, 0.05) is 0 Å². The summed E-state index contributed by atoms with van der Waals surface area (Å²) < 4.78 is 0. The molecular weight excluding hydrogens is 701 g/mol. The zero-order valence-electron chi connectivity index (χ0n) is 40.5. The third-order valence-electron chi connectivity index (χ3n) is 15.9. The lowest BCUT2D eigenvalue weighted by atomic mass is 10.2. The lowest BCUT2D eigenvalue weighted by molar-refractivity contribution is 0.554. The maximum Gasteiger partial charge on any atom is 0.0716 e. The van der Waals surface area contributed by atoms with Crippen molar-refractivity contribution in [2.75, 3.05) is 0 Å². The molecule has 0 radical (unpaired) electrons. The number of rotatable bonds is 4. The topological polar surface area (TPSA) is 0 Å². The maximum absolute atomic E-state index is 3.14. The second kappa shape index (κ2) is 12.3. The van der Waals surface area contributed by atoms with Crippen LogP contribution in [-0.2, 0) is 0 Å².